The predicted octanol–water partition coefficient (Wildman–Crippen LogP) is 2.77. The number of rotatable bonds is 9. The second-order valence-corrected chi connectivity index (χ2v) is 8.79. The minimum Gasteiger partial charge on any atom is -0.359 e. The van der Waals surface area contributed by atoms with Gasteiger partial charge in [0.05, 0.1) is 11.8 Å². The van der Waals surface area contributed by atoms with Crippen molar-refractivity contribution in [3.05, 3.63) is 46.3 Å². The molecular weight excluding hydrogens is 390 g/mol. The number of carbonyl (C=O) groups excluding carboxylic acids is 1. The van der Waals surface area contributed by atoms with E-state index in [-0.39, 0.29) is 5.91 Å². The molecule has 3 heterocycles. The summed E-state index contributed by atoms with van der Waals surface area (Å²) in [7, 11) is 0. The van der Waals surface area contributed by atoms with E-state index in [0.717, 1.165) is 24.7 Å². The van der Waals surface area contributed by atoms with Crippen LogP contribution in [0.15, 0.2) is 23.1 Å². The number of unbranched alkanes of at least 4 members (excludes halogenated alkanes) is 1. The molecule has 3 N–H and O–H groups in total. The highest BCUT2D eigenvalue weighted by atomic mass is 16.2. The molecule has 5 rings (SSSR count). The van der Waals surface area contributed by atoms with Gasteiger partial charge in [0.2, 0.25) is 5.82 Å². The second kappa shape index (κ2) is 8.70. The highest BCUT2D eigenvalue weighted by Gasteiger charge is 2.32. The lowest BCUT2D eigenvalue weighted by Gasteiger charge is -2.26. The van der Waals surface area contributed by atoms with Crippen molar-refractivity contribution in [3.8, 4) is 0 Å². The van der Waals surface area contributed by atoms with Crippen molar-refractivity contribution in [2.75, 3.05) is 6.54 Å². The van der Waals surface area contributed by atoms with Gasteiger partial charge in [-0.15, -0.1) is 5.10 Å². The molecule has 8 nitrogen and oxygen atoms in total. The van der Waals surface area contributed by atoms with Gasteiger partial charge in [-0.1, -0.05) is 6.42 Å². The van der Waals surface area contributed by atoms with Gasteiger partial charge in [0.25, 0.3) is 5.91 Å². The van der Waals surface area contributed by atoms with E-state index in [9.17, 15) is 4.79 Å². The standard InChI is InChI=1S/C23H29N7O/c1-14-17(7-2-3-10-24-16-5-4-6-16)20(15-8-9-15)19(27-14)13-18-21(28-30-23(18)31)22-25-11-12-26-29-22/h11-13,15-16,24,27H,2-10H2,1H3,(H,30,31)/b18-13+. The van der Waals surface area contributed by atoms with Crippen LogP contribution in [0.25, 0.3) is 6.08 Å². The average Bonchev–Trinajstić information content (AvgIpc) is 3.45. The van der Waals surface area contributed by atoms with Crippen LogP contribution >= 0.6 is 0 Å². The summed E-state index contributed by atoms with van der Waals surface area (Å²) in [6, 6.07) is 0.756. The van der Waals surface area contributed by atoms with Crippen molar-refractivity contribution >= 4 is 17.7 Å². The fourth-order valence-electron chi connectivity index (χ4n) is 4.47. The number of hydrogen-bond donors (Lipinski definition) is 3. The van der Waals surface area contributed by atoms with Crippen molar-refractivity contribution in [2.45, 2.75) is 70.3 Å². The van der Waals surface area contributed by atoms with Gasteiger partial charge in [0.1, 0.15) is 5.71 Å². The van der Waals surface area contributed by atoms with Crippen LogP contribution in [0.3, 0.4) is 0 Å². The Kier molecular flexibility index (Phi) is 5.63. The third-order valence-electron chi connectivity index (χ3n) is 6.52. The molecule has 2 aromatic rings. The first-order chi connectivity index (χ1) is 15.2. The first-order valence-electron chi connectivity index (χ1n) is 11.4. The molecule has 3 aliphatic rings. The zero-order chi connectivity index (χ0) is 21.2. The van der Waals surface area contributed by atoms with Gasteiger partial charge in [-0.2, -0.15) is 10.2 Å². The molecule has 0 bridgehead atoms. The minimum absolute atomic E-state index is 0.236. The third kappa shape index (κ3) is 4.30. The maximum Gasteiger partial charge on any atom is 0.273 e. The van der Waals surface area contributed by atoms with Crippen LogP contribution in [0.4, 0.5) is 0 Å². The number of nitrogens with zero attached hydrogens (tertiary/aromatic N) is 4. The number of aromatic amines is 1. The Morgan fingerprint density at radius 1 is 1.19 bits per heavy atom. The van der Waals surface area contributed by atoms with Gasteiger partial charge in [0.15, 0.2) is 0 Å². The highest BCUT2D eigenvalue weighted by Crippen LogP contribution is 2.45. The van der Waals surface area contributed by atoms with Crippen molar-refractivity contribution in [1.82, 2.24) is 30.9 Å². The number of nitrogens with one attached hydrogen (secondary N) is 3. The van der Waals surface area contributed by atoms with E-state index >= 15 is 0 Å². The van der Waals surface area contributed by atoms with Crippen molar-refractivity contribution in [3.63, 3.8) is 0 Å². The Morgan fingerprint density at radius 3 is 2.77 bits per heavy atom. The van der Waals surface area contributed by atoms with Crippen LogP contribution in [0.2, 0.25) is 0 Å². The van der Waals surface area contributed by atoms with Gasteiger partial charge < -0.3 is 10.3 Å². The summed E-state index contributed by atoms with van der Waals surface area (Å²) < 4.78 is 0. The molecule has 0 spiro atoms. The molecule has 162 valence electrons. The Balaban J connectivity index is 1.35. The number of aryl methyl sites for hydroxylation is 1. The summed E-state index contributed by atoms with van der Waals surface area (Å²) in [5, 5.41) is 15.7. The van der Waals surface area contributed by atoms with E-state index in [4.69, 9.17) is 0 Å². The van der Waals surface area contributed by atoms with Crippen LogP contribution in [0, 0.1) is 6.92 Å². The fraction of sp³-hybridized carbons (Fsp3) is 0.522. The highest BCUT2D eigenvalue weighted by molar-refractivity contribution is 6.32. The monoisotopic (exact) mass is 419 g/mol. The molecule has 1 aliphatic heterocycles. The third-order valence-corrected chi connectivity index (χ3v) is 6.52. The van der Waals surface area contributed by atoms with E-state index in [0.29, 0.717) is 23.0 Å². The zero-order valence-electron chi connectivity index (χ0n) is 17.9. The molecule has 0 aromatic carbocycles. The molecule has 0 radical (unpaired) electrons. The van der Waals surface area contributed by atoms with Crippen LogP contribution in [0.5, 0.6) is 0 Å². The van der Waals surface area contributed by atoms with E-state index in [2.05, 4.69) is 42.9 Å². The zero-order valence-corrected chi connectivity index (χ0v) is 17.9. The Morgan fingerprint density at radius 2 is 2.06 bits per heavy atom. The summed E-state index contributed by atoms with van der Waals surface area (Å²) >= 11 is 0. The minimum atomic E-state index is -0.236. The van der Waals surface area contributed by atoms with E-state index < -0.39 is 0 Å². The number of amides is 1. The average molecular weight is 420 g/mol. The summed E-state index contributed by atoms with van der Waals surface area (Å²) in [5.74, 6) is 0.696. The lowest BCUT2D eigenvalue weighted by Crippen LogP contribution is -2.35. The maximum atomic E-state index is 12.5. The summed E-state index contributed by atoms with van der Waals surface area (Å²) in [6.45, 7) is 3.25. The molecule has 2 saturated carbocycles. The summed E-state index contributed by atoms with van der Waals surface area (Å²) in [5.41, 5.74) is 8.49. The number of carbonyl (C=O) groups is 1. The van der Waals surface area contributed by atoms with Crippen LogP contribution in [-0.4, -0.2) is 44.4 Å². The predicted molar refractivity (Wildman–Crippen MR) is 119 cm³/mol. The van der Waals surface area contributed by atoms with E-state index in [1.165, 1.54) is 68.0 Å². The molecule has 2 fully saturated rings. The molecule has 0 saturated heterocycles. The van der Waals surface area contributed by atoms with Crippen molar-refractivity contribution in [1.29, 1.82) is 0 Å². The fourth-order valence-corrected chi connectivity index (χ4v) is 4.47. The lowest BCUT2D eigenvalue weighted by molar-refractivity contribution is -0.116. The van der Waals surface area contributed by atoms with Crippen molar-refractivity contribution < 1.29 is 4.79 Å². The molecule has 2 aromatic heterocycles. The van der Waals surface area contributed by atoms with Crippen LogP contribution < -0.4 is 10.7 Å². The summed E-state index contributed by atoms with van der Waals surface area (Å²) in [4.78, 5) is 20.2. The first-order valence-corrected chi connectivity index (χ1v) is 11.4. The van der Waals surface area contributed by atoms with Gasteiger partial charge >= 0.3 is 0 Å². The van der Waals surface area contributed by atoms with Gasteiger partial charge in [-0.25, -0.2) is 10.4 Å². The lowest BCUT2D eigenvalue weighted by atomic mass is 9.93. The smallest absolute Gasteiger partial charge is 0.273 e. The molecule has 8 heteroatoms. The molecule has 31 heavy (non-hydrogen) atoms. The Labute approximate surface area is 182 Å². The number of hydrazone groups is 1. The normalized spacial score (nSPS) is 20.1. The van der Waals surface area contributed by atoms with Gasteiger partial charge in [-0.05, 0) is 81.5 Å². The molecule has 1 amide bonds. The van der Waals surface area contributed by atoms with Crippen molar-refractivity contribution in [2.24, 2.45) is 5.10 Å². The van der Waals surface area contributed by atoms with E-state index in [1.54, 1.807) is 6.20 Å². The van der Waals surface area contributed by atoms with Crippen LogP contribution in [-0.2, 0) is 11.2 Å². The van der Waals surface area contributed by atoms with Crippen LogP contribution in [0.1, 0.15) is 79.2 Å². The Bertz CT molecular complexity index is 1020. The molecule has 0 unspecified atom stereocenters. The van der Waals surface area contributed by atoms with Gasteiger partial charge in [0, 0.05) is 23.6 Å². The largest absolute Gasteiger partial charge is 0.359 e. The van der Waals surface area contributed by atoms with E-state index in [1.807, 2.05) is 6.08 Å². The first kappa shape index (κ1) is 20.1. The SMILES string of the molecule is Cc1[nH]c(/C=C2/C(=O)NN=C2c2nccnn2)c(C2CC2)c1CCCCNC1CCC1. The second-order valence-electron chi connectivity index (χ2n) is 8.79. The number of H-pyrrole nitrogens is 1. The van der Waals surface area contributed by atoms with Gasteiger partial charge in [-0.3, -0.25) is 4.79 Å². The Hall–Kier alpha value is -2.87. The molecule has 2 aliphatic carbocycles. The molecular formula is C23H29N7O. The number of aromatic nitrogens is 4. The number of hydrogen-bond acceptors (Lipinski definition) is 6. The molecule has 0 atom stereocenters. The quantitative estimate of drug-likeness (QED) is 0.428. The summed E-state index contributed by atoms with van der Waals surface area (Å²) in [6.07, 6.45) is 14.9. The maximum absolute atomic E-state index is 12.5. The topological polar surface area (TPSA) is 108 Å².